The summed E-state index contributed by atoms with van der Waals surface area (Å²) in [5.41, 5.74) is 1.06. The molecule has 9 heteroatoms. The average Bonchev–Trinajstić information content (AvgIpc) is 3.32. The van der Waals surface area contributed by atoms with Gasteiger partial charge in [0, 0.05) is 15.5 Å². The number of amides is 1. The van der Waals surface area contributed by atoms with Crippen LogP contribution < -0.4 is 5.32 Å². The van der Waals surface area contributed by atoms with Crippen LogP contribution in [0.5, 0.6) is 0 Å². The summed E-state index contributed by atoms with van der Waals surface area (Å²) in [5, 5.41) is 3.74. The molecule has 2 aliphatic rings. The molecule has 1 N–H and O–H groups in total. The number of nitrogens with zero attached hydrogens (tertiary/aromatic N) is 1. The highest BCUT2D eigenvalue weighted by Gasteiger charge is 2.39. The Kier molecular flexibility index (Phi) is 5.39. The maximum absolute atomic E-state index is 12.5. The van der Waals surface area contributed by atoms with E-state index in [9.17, 15) is 13.2 Å². The topological polar surface area (TPSA) is 89.3 Å². The summed E-state index contributed by atoms with van der Waals surface area (Å²) in [7, 11) is -3.42. The lowest BCUT2D eigenvalue weighted by molar-refractivity contribution is 0.0892. The molecule has 0 aliphatic heterocycles. The summed E-state index contributed by atoms with van der Waals surface area (Å²) in [4.78, 5) is 17.4. The summed E-state index contributed by atoms with van der Waals surface area (Å²) in [6, 6.07) is 9.27. The van der Waals surface area contributed by atoms with E-state index in [1.807, 2.05) is 0 Å². The molecule has 2 heterocycles. The van der Waals surface area contributed by atoms with Gasteiger partial charge in [-0.15, -0.1) is 11.3 Å². The molecule has 2 aromatic heterocycles. The Morgan fingerprint density at radius 2 is 1.87 bits per heavy atom. The van der Waals surface area contributed by atoms with Crippen molar-refractivity contribution in [3.05, 3.63) is 44.7 Å². The monoisotopic (exact) mass is 556 g/mol. The predicted molar refractivity (Wildman–Crippen MR) is 124 cm³/mol. The van der Waals surface area contributed by atoms with Gasteiger partial charge in [0.25, 0.3) is 5.91 Å². The third-order valence-electron chi connectivity index (χ3n) is 5.83. The number of benzene rings is 1. The number of hydrogen-bond donors (Lipinski definition) is 1. The average molecular weight is 556 g/mol. The second-order valence-electron chi connectivity index (χ2n) is 8.05. The van der Waals surface area contributed by atoms with E-state index in [2.05, 4.69) is 46.1 Å². The molecular weight excluding hydrogens is 535 g/mol. The third-order valence-corrected chi connectivity index (χ3v) is 9.83. The molecule has 0 radical (unpaired) electrons. The van der Waals surface area contributed by atoms with Gasteiger partial charge in [-0.1, -0.05) is 0 Å². The normalized spacial score (nSPS) is 22.3. The number of aromatic nitrogens is 1. The largest absolute Gasteiger partial charge is 0.440 e. The Labute approximate surface area is 192 Å². The highest BCUT2D eigenvalue weighted by molar-refractivity contribution is 14.1. The van der Waals surface area contributed by atoms with E-state index in [0.717, 1.165) is 31.2 Å². The Morgan fingerprint density at radius 1 is 1.10 bits per heavy atom. The number of carbonyl (C=O) groups excluding carboxylic acids is 1. The van der Waals surface area contributed by atoms with Crippen LogP contribution in [0.15, 0.2) is 39.8 Å². The van der Waals surface area contributed by atoms with Crippen LogP contribution in [0.4, 0.5) is 0 Å². The minimum atomic E-state index is -3.42. The molecule has 2 fully saturated rings. The van der Waals surface area contributed by atoms with Gasteiger partial charge in [-0.2, -0.15) is 0 Å². The van der Waals surface area contributed by atoms with Crippen molar-refractivity contribution in [2.24, 2.45) is 0 Å². The lowest BCUT2D eigenvalue weighted by Crippen LogP contribution is -2.37. The first kappa shape index (κ1) is 20.4. The second kappa shape index (κ2) is 7.90. The molecule has 0 bridgehead atoms. The van der Waals surface area contributed by atoms with E-state index in [1.165, 1.54) is 25.4 Å². The number of sulfone groups is 1. The lowest BCUT2D eigenvalue weighted by Gasteiger charge is -2.27. The lowest BCUT2D eigenvalue weighted by atomic mass is 9.86. The fourth-order valence-corrected chi connectivity index (χ4v) is 7.11. The van der Waals surface area contributed by atoms with Crippen LogP contribution in [0.1, 0.15) is 60.0 Å². The van der Waals surface area contributed by atoms with Gasteiger partial charge in [-0.25, -0.2) is 13.4 Å². The van der Waals surface area contributed by atoms with Crippen molar-refractivity contribution in [3.8, 4) is 0 Å². The van der Waals surface area contributed by atoms with E-state index in [1.54, 1.807) is 11.3 Å². The quantitative estimate of drug-likeness (QED) is 0.453. The SMILES string of the molecule is O=C(NC1CCC(c2nc3cc(I)ccc3s2)CC1)c1ccc(S(=O)(=O)C2CC2)o1. The standard InChI is InChI=1S/C21H21IN2O4S2/c22-13-3-9-18-16(11-13)24-21(29-18)12-1-4-14(5-2-12)23-20(25)17-8-10-19(28-17)30(26,27)15-6-7-15/h3,8-12,14-15H,1-2,4-7H2,(H,23,25). The summed E-state index contributed by atoms with van der Waals surface area (Å²) in [5.74, 6) is 0.148. The van der Waals surface area contributed by atoms with Crippen LogP contribution in [0, 0.1) is 3.57 Å². The van der Waals surface area contributed by atoms with Gasteiger partial charge in [0.05, 0.1) is 20.5 Å². The predicted octanol–water partition coefficient (Wildman–Crippen LogP) is 4.89. The smallest absolute Gasteiger partial charge is 0.287 e. The molecule has 0 spiro atoms. The third kappa shape index (κ3) is 4.03. The first-order chi connectivity index (χ1) is 14.4. The van der Waals surface area contributed by atoms with Crippen molar-refractivity contribution in [3.63, 3.8) is 0 Å². The maximum atomic E-state index is 12.5. The van der Waals surface area contributed by atoms with Gasteiger partial charge in [0.1, 0.15) is 0 Å². The Morgan fingerprint density at radius 3 is 2.60 bits per heavy atom. The zero-order chi connectivity index (χ0) is 20.9. The van der Waals surface area contributed by atoms with Crippen molar-refractivity contribution < 1.29 is 17.6 Å². The molecule has 6 nitrogen and oxygen atoms in total. The Bertz CT molecular complexity index is 1200. The van der Waals surface area contributed by atoms with Crippen molar-refractivity contribution in [2.45, 2.75) is 60.8 Å². The minimum absolute atomic E-state index is 0.0668. The van der Waals surface area contributed by atoms with E-state index >= 15 is 0 Å². The van der Waals surface area contributed by atoms with E-state index in [0.29, 0.717) is 18.8 Å². The molecule has 3 aromatic rings. The van der Waals surface area contributed by atoms with Crippen LogP contribution in [0.25, 0.3) is 10.2 Å². The number of carbonyl (C=O) groups is 1. The zero-order valence-corrected chi connectivity index (χ0v) is 19.9. The van der Waals surface area contributed by atoms with Gasteiger partial charge in [-0.05, 0) is 91.4 Å². The van der Waals surface area contributed by atoms with Crippen molar-refractivity contribution in [1.29, 1.82) is 0 Å². The molecule has 5 rings (SSSR count). The number of nitrogens with one attached hydrogen (secondary N) is 1. The van der Waals surface area contributed by atoms with Crippen molar-refractivity contribution in [1.82, 2.24) is 10.3 Å². The summed E-state index contributed by atoms with van der Waals surface area (Å²) in [6.07, 6.45) is 5.03. The first-order valence-electron chi connectivity index (χ1n) is 10.1. The van der Waals surface area contributed by atoms with Crippen molar-refractivity contribution in [2.75, 3.05) is 0 Å². The number of rotatable bonds is 5. The molecular formula is C21H21IN2O4S2. The van der Waals surface area contributed by atoms with Crippen LogP contribution in [-0.4, -0.2) is 30.6 Å². The van der Waals surface area contributed by atoms with Gasteiger partial charge < -0.3 is 9.73 Å². The van der Waals surface area contributed by atoms with Crippen LogP contribution in [0.2, 0.25) is 0 Å². The molecule has 1 aromatic carbocycles. The molecule has 2 saturated carbocycles. The second-order valence-corrected chi connectivity index (χ2v) is 12.5. The van der Waals surface area contributed by atoms with Crippen molar-refractivity contribution >= 4 is 59.9 Å². The Hall–Kier alpha value is -1.46. The van der Waals surface area contributed by atoms with E-state index in [-0.39, 0.29) is 28.1 Å². The zero-order valence-electron chi connectivity index (χ0n) is 16.1. The van der Waals surface area contributed by atoms with Crippen LogP contribution >= 0.6 is 33.9 Å². The summed E-state index contributed by atoms with van der Waals surface area (Å²) in [6.45, 7) is 0. The summed E-state index contributed by atoms with van der Waals surface area (Å²) < 4.78 is 32.3. The van der Waals surface area contributed by atoms with Gasteiger partial charge in [0.2, 0.25) is 14.9 Å². The number of furan rings is 1. The fourth-order valence-electron chi connectivity index (χ4n) is 3.97. The number of hydrogen-bond acceptors (Lipinski definition) is 6. The van der Waals surface area contributed by atoms with Gasteiger partial charge in [0.15, 0.2) is 5.76 Å². The highest BCUT2D eigenvalue weighted by Crippen LogP contribution is 2.37. The number of halogens is 1. The first-order valence-corrected chi connectivity index (χ1v) is 13.5. The molecule has 2 aliphatic carbocycles. The molecule has 0 unspecified atom stereocenters. The van der Waals surface area contributed by atoms with E-state index in [4.69, 9.17) is 9.40 Å². The fraction of sp³-hybridized carbons (Fsp3) is 0.429. The number of fused-ring (bicyclic) bond motifs is 1. The number of thiazole rings is 1. The molecule has 158 valence electrons. The highest BCUT2D eigenvalue weighted by atomic mass is 127. The minimum Gasteiger partial charge on any atom is -0.440 e. The summed E-state index contributed by atoms with van der Waals surface area (Å²) >= 11 is 4.07. The molecule has 0 saturated heterocycles. The Balaban J connectivity index is 1.20. The molecule has 1 amide bonds. The van der Waals surface area contributed by atoms with Crippen LogP contribution in [0.3, 0.4) is 0 Å². The van der Waals surface area contributed by atoms with Gasteiger partial charge in [-0.3, -0.25) is 4.79 Å². The molecule has 30 heavy (non-hydrogen) atoms. The van der Waals surface area contributed by atoms with E-state index < -0.39 is 9.84 Å². The van der Waals surface area contributed by atoms with Gasteiger partial charge >= 0.3 is 0 Å². The maximum Gasteiger partial charge on any atom is 0.287 e. The molecule has 0 atom stereocenters. The van der Waals surface area contributed by atoms with Crippen LogP contribution in [-0.2, 0) is 9.84 Å².